The molecule has 7 nitrogen and oxygen atoms in total. The van der Waals surface area contributed by atoms with Crippen molar-refractivity contribution in [2.75, 3.05) is 49.1 Å². The lowest BCUT2D eigenvalue weighted by atomic mass is 10.0. The number of carbonyl (C=O) groups is 1. The molecule has 0 fully saturated rings. The monoisotopic (exact) mass is 388 g/mol. The van der Waals surface area contributed by atoms with Crippen molar-refractivity contribution >= 4 is 5.91 Å². The standard InChI is InChI=1S/C21H28N2O5/c1-23(2)17(13-22-21(24)14-7-9-16(25-3)10-8-14)15-11-18(26-4)20(28-6)19(12-15)27-5/h7-12,17H,13H2,1-6H3,(H,22,24). The van der Waals surface area contributed by atoms with Gasteiger partial charge in [-0.3, -0.25) is 4.79 Å². The van der Waals surface area contributed by atoms with Gasteiger partial charge in [0, 0.05) is 12.1 Å². The fraction of sp³-hybridized carbons (Fsp3) is 0.381. The van der Waals surface area contributed by atoms with Gasteiger partial charge in [0.05, 0.1) is 34.5 Å². The van der Waals surface area contributed by atoms with Crippen molar-refractivity contribution in [2.45, 2.75) is 6.04 Å². The minimum Gasteiger partial charge on any atom is -0.497 e. The molecule has 1 amide bonds. The highest BCUT2D eigenvalue weighted by atomic mass is 16.5. The first-order valence-corrected chi connectivity index (χ1v) is 8.83. The molecule has 0 saturated heterocycles. The molecule has 0 aliphatic heterocycles. The van der Waals surface area contributed by atoms with E-state index in [1.807, 2.05) is 31.1 Å². The van der Waals surface area contributed by atoms with Gasteiger partial charge >= 0.3 is 0 Å². The Morgan fingerprint density at radius 1 is 0.929 bits per heavy atom. The minimum absolute atomic E-state index is 0.0871. The quantitative estimate of drug-likeness (QED) is 0.712. The molecule has 2 aromatic carbocycles. The van der Waals surface area contributed by atoms with Crippen LogP contribution in [0.4, 0.5) is 0 Å². The average molecular weight is 388 g/mol. The topological polar surface area (TPSA) is 69.3 Å². The maximum Gasteiger partial charge on any atom is 0.251 e. The van der Waals surface area contributed by atoms with Crippen molar-refractivity contribution in [1.29, 1.82) is 0 Å². The fourth-order valence-electron chi connectivity index (χ4n) is 2.93. The lowest BCUT2D eigenvalue weighted by Crippen LogP contribution is -2.34. The maximum atomic E-state index is 12.5. The van der Waals surface area contributed by atoms with Crippen LogP contribution in [0.5, 0.6) is 23.0 Å². The summed E-state index contributed by atoms with van der Waals surface area (Å²) in [5.41, 5.74) is 1.51. The van der Waals surface area contributed by atoms with Gasteiger partial charge in [-0.2, -0.15) is 0 Å². The van der Waals surface area contributed by atoms with Crippen LogP contribution < -0.4 is 24.3 Å². The largest absolute Gasteiger partial charge is 0.497 e. The average Bonchev–Trinajstić information content (AvgIpc) is 2.72. The number of hydrogen-bond acceptors (Lipinski definition) is 6. The molecule has 152 valence electrons. The Morgan fingerprint density at radius 2 is 1.50 bits per heavy atom. The molecule has 1 atom stereocenters. The third kappa shape index (κ3) is 4.86. The number of carbonyl (C=O) groups excluding carboxylic acids is 1. The van der Waals surface area contributed by atoms with Crippen LogP contribution >= 0.6 is 0 Å². The molecule has 7 heteroatoms. The number of likely N-dealkylation sites (N-methyl/N-ethyl adjacent to an activating group) is 1. The molecule has 0 saturated carbocycles. The molecule has 2 aromatic rings. The van der Waals surface area contributed by atoms with Crippen molar-refractivity contribution in [1.82, 2.24) is 10.2 Å². The van der Waals surface area contributed by atoms with Gasteiger partial charge in [0.1, 0.15) is 5.75 Å². The molecule has 0 spiro atoms. The van der Waals surface area contributed by atoms with Crippen LogP contribution in [0.1, 0.15) is 22.0 Å². The van der Waals surface area contributed by atoms with Gasteiger partial charge < -0.3 is 29.2 Å². The Morgan fingerprint density at radius 3 is 1.93 bits per heavy atom. The first-order chi connectivity index (χ1) is 13.4. The van der Waals surface area contributed by atoms with Crippen LogP contribution in [-0.2, 0) is 0 Å². The second kappa shape index (κ2) is 9.85. The lowest BCUT2D eigenvalue weighted by Gasteiger charge is -2.26. The molecule has 0 radical (unpaired) electrons. The highest BCUT2D eigenvalue weighted by Crippen LogP contribution is 2.40. The van der Waals surface area contributed by atoms with E-state index in [1.54, 1.807) is 52.7 Å². The summed E-state index contributed by atoms with van der Waals surface area (Å²) in [5, 5.41) is 2.99. The number of amides is 1. The zero-order valence-electron chi connectivity index (χ0n) is 17.2. The molecule has 0 aromatic heterocycles. The van der Waals surface area contributed by atoms with Crippen LogP contribution in [0.15, 0.2) is 36.4 Å². The van der Waals surface area contributed by atoms with Crippen molar-refractivity contribution in [3.05, 3.63) is 47.5 Å². The number of nitrogens with zero attached hydrogens (tertiary/aromatic N) is 1. The molecular weight excluding hydrogens is 360 g/mol. The van der Waals surface area contributed by atoms with Crippen LogP contribution in [0.3, 0.4) is 0 Å². The molecule has 0 aliphatic carbocycles. The summed E-state index contributed by atoms with van der Waals surface area (Å²) in [6, 6.07) is 10.7. The smallest absolute Gasteiger partial charge is 0.251 e. The van der Waals surface area contributed by atoms with Crippen LogP contribution in [0, 0.1) is 0 Å². The summed E-state index contributed by atoms with van der Waals surface area (Å²) >= 11 is 0. The number of methoxy groups -OCH3 is 4. The van der Waals surface area contributed by atoms with E-state index in [0.717, 1.165) is 5.56 Å². The summed E-state index contributed by atoms with van der Waals surface area (Å²) in [6.07, 6.45) is 0. The molecule has 2 rings (SSSR count). The predicted molar refractivity (Wildman–Crippen MR) is 108 cm³/mol. The molecule has 0 aliphatic rings. The van der Waals surface area contributed by atoms with Crippen LogP contribution in [0.25, 0.3) is 0 Å². The predicted octanol–water partition coefficient (Wildman–Crippen LogP) is 2.75. The number of ether oxygens (including phenoxy) is 4. The van der Waals surface area contributed by atoms with E-state index in [9.17, 15) is 4.79 Å². The zero-order valence-corrected chi connectivity index (χ0v) is 17.2. The van der Waals surface area contributed by atoms with Gasteiger partial charge in [-0.05, 0) is 56.1 Å². The third-order valence-corrected chi connectivity index (χ3v) is 4.50. The molecule has 0 bridgehead atoms. The van der Waals surface area contributed by atoms with Gasteiger partial charge in [0.25, 0.3) is 5.91 Å². The first-order valence-electron chi connectivity index (χ1n) is 8.83. The van der Waals surface area contributed by atoms with Crippen LogP contribution in [0.2, 0.25) is 0 Å². The number of hydrogen-bond donors (Lipinski definition) is 1. The molecule has 0 heterocycles. The summed E-state index contributed by atoms with van der Waals surface area (Å²) in [4.78, 5) is 14.5. The normalized spacial score (nSPS) is 11.7. The number of rotatable bonds is 9. The van der Waals surface area contributed by atoms with Gasteiger partial charge in [-0.15, -0.1) is 0 Å². The summed E-state index contributed by atoms with van der Waals surface area (Å²) in [7, 11) is 10.2. The first kappa shape index (κ1) is 21.4. The Balaban J connectivity index is 2.22. The van der Waals surface area contributed by atoms with Crippen molar-refractivity contribution in [3.8, 4) is 23.0 Å². The van der Waals surface area contributed by atoms with E-state index in [2.05, 4.69) is 5.32 Å². The van der Waals surface area contributed by atoms with E-state index in [1.165, 1.54) is 0 Å². The van der Waals surface area contributed by atoms with E-state index >= 15 is 0 Å². The minimum atomic E-state index is -0.151. The molecular formula is C21H28N2O5. The molecule has 28 heavy (non-hydrogen) atoms. The van der Waals surface area contributed by atoms with E-state index < -0.39 is 0 Å². The zero-order chi connectivity index (χ0) is 20.7. The SMILES string of the molecule is COc1ccc(C(=O)NCC(c2cc(OC)c(OC)c(OC)c2)N(C)C)cc1. The molecule has 1 N–H and O–H groups in total. The van der Waals surface area contributed by atoms with E-state index in [4.69, 9.17) is 18.9 Å². The molecule has 1 unspecified atom stereocenters. The third-order valence-electron chi connectivity index (χ3n) is 4.50. The summed E-state index contributed by atoms with van der Waals surface area (Å²) in [6.45, 7) is 0.413. The summed E-state index contributed by atoms with van der Waals surface area (Å²) < 4.78 is 21.4. The Kier molecular flexibility index (Phi) is 7.52. The van der Waals surface area contributed by atoms with Crippen LogP contribution in [-0.4, -0.2) is 59.9 Å². The maximum absolute atomic E-state index is 12.5. The van der Waals surface area contributed by atoms with Gasteiger partial charge in [-0.1, -0.05) is 0 Å². The fourth-order valence-corrected chi connectivity index (χ4v) is 2.93. The second-order valence-corrected chi connectivity index (χ2v) is 6.38. The van der Waals surface area contributed by atoms with E-state index in [-0.39, 0.29) is 11.9 Å². The van der Waals surface area contributed by atoms with E-state index in [0.29, 0.717) is 35.1 Å². The van der Waals surface area contributed by atoms with Crippen molar-refractivity contribution < 1.29 is 23.7 Å². The van der Waals surface area contributed by atoms with Gasteiger partial charge in [-0.25, -0.2) is 0 Å². The number of benzene rings is 2. The van der Waals surface area contributed by atoms with Crippen molar-refractivity contribution in [2.24, 2.45) is 0 Å². The van der Waals surface area contributed by atoms with Gasteiger partial charge in [0.2, 0.25) is 5.75 Å². The Hall–Kier alpha value is -2.93. The highest BCUT2D eigenvalue weighted by Gasteiger charge is 2.21. The lowest BCUT2D eigenvalue weighted by molar-refractivity contribution is 0.0942. The number of nitrogens with one attached hydrogen (secondary N) is 1. The Labute approximate surface area is 166 Å². The Bertz CT molecular complexity index is 765. The van der Waals surface area contributed by atoms with Gasteiger partial charge in [0.15, 0.2) is 11.5 Å². The summed E-state index contributed by atoms with van der Waals surface area (Å²) in [5.74, 6) is 2.24. The second-order valence-electron chi connectivity index (χ2n) is 6.38. The highest BCUT2D eigenvalue weighted by molar-refractivity contribution is 5.94. The van der Waals surface area contributed by atoms with Crippen molar-refractivity contribution in [3.63, 3.8) is 0 Å².